The minimum Gasteiger partial charge on any atom is -0.270 e. The Morgan fingerprint density at radius 3 is 2.60 bits per heavy atom. The topological polar surface area (TPSA) is 43.4 Å². The van der Waals surface area contributed by atoms with E-state index in [0.717, 1.165) is 12.7 Å². The third kappa shape index (κ3) is 7.65. The molecule has 0 amide bonds. The summed E-state index contributed by atoms with van der Waals surface area (Å²) in [6.45, 7) is 3.74. The molecule has 0 heterocycles. The highest BCUT2D eigenvalue weighted by atomic mass is 32.2. The fourth-order valence-electron chi connectivity index (χ4n) is 0.438. The summed E-state index contributed by atoms with van der Waals surface area (Å²) in [5, 5.41) is 0. The predicted octanol–water partition coefficient (Wildman–Crippen LogP) is 0.929. The second-order valence-electron chi connectivity index (χ2n) is 1.96. The van der Waals surface area contributed by atoms with Crippen molar-refractivity contribution in [1.29, 1.82) is 0 Å². The summed E-state index contributed by atoms with van der Waals surface area (Å²) in [4.78, 5) is 0. The summed E-state index contributed by atoms with van der Waals surface area (Å²) in [6, 6.07) is 0. The van der Waals surface area contributed by atoms with Crippen LogP contribution in [0.15, 0.2) is 12.7 Å². The fourth-order valence-corrected chi connectivity index (χ4v) is 0.859. The van der Waals surface area contributed by atoms with Gasteiger partial charge in [0.25, 0.3) is 10.1 Å². The van der Waals surface area contributed by atoms with Gasteiger partial charge in [0.1, 0.15) is 0 Å². The number of hydrogen-bond acceptors (Lipinski definition) is 3. The zero-order valence-corrected chi connectivity index (χ0v) is 6.86. The van der Waals surface area contributed by atoms with Crippen LogP contribution in [-0.4, -0.2) is 21.3 Å². The average Bonchev–Trinajstić information content (AvgIpc) is 1.78. The van der Waals surface area contributed by atoms with Gasteiger partial charge in [-0.3, -0.25) is 4.18 Å². The number of hydrogen-bond donors (Lipinski definition) is 0. The van der Waals surface area contributed by atoms with Crippen LogP contribution in [0.2, 0.25) is 0 Å². The van der Waals surface area contributed by atoms with Crippen molar-refractivity contribution in [2.45, 2.75) is 12.8 Å². The smallest absolute Gasteiger partial charge is 0.264 e. The Morgan fingerprint density at radius 2 is 2.20 bits per heavy atom. The fraction of sp³-hybridized carbons (Fsp3) is 0.667. The van der Waals surface area contributed by atoms with Gasteiger partial charge in [-0.25, -0.2) is 0 Å². The molecule has 0 aliphatic rings. The molecule has 0 aliphatic heterocycles. The molecule has 0 aromatic carbocycles. The molecule has 0 atom stereocenters. The first-order chi connectivity index (χ1) is 4.56. The SMILES string of the molecule is C=CCCCOS(C)(=O)=O. The van der Waals surface area contributed by atoms with E-state index in [2.05, 4.69) is 10.8 Å². The molecule has 0 aliphatic carbocycles. The van der Waals surface area contributed by atoms with Crippen LogP contribution in [0.5, 0.6) is 0 Å². The van der Waals surface area contributed by atoms with Crippen molar-refractivity contribution in [3.8, 4) is 0 Å². The largest absolute Gasteiger partial charge is 0.270 e. The Hall–Kier alpha value is -0.350. The first-order valence-electron chi connectivity index (χ1n) is 3.01. The summed E-state index contributed by atoms with van der Waals surface area (Å²) in [5.74, 6) is 0. The highest BCUT2D eigenvalue weighted by Crippen LogP contribution is 1.93. The first kappa shape index (κ1) is 9.65. The molecule has 3 nitrogen and oxygen atoms in total. The van der Waals surface area contributed by atoms with Crippen LogP contribution in [0.4, 0.5) is 0 Å². The van der Waals surface area contributed by atoms with E-state index in [1.807, 2.05) is 0 Å². The molecule has 0 saturated heterocycles. The van der Waals surface area contributed by atoms with E-state index in [9.17, 15) is 8.42 Å². The van der Waals surface area contributed by atoms with Gasteiger partial charge in [-0.15, -0.1) is 6.58 Å². The van der Waals surface area contributed by atoms with Crippen LogP contribution < -0.4 is 0 Å². The quantitative estimate of drug-likeness (QED) is 0.345. The normalized spacial score (nSPS) is 11.3. The van der Waals surface area contributed by atoms with E-state index in [0.29, 0.717) is 6.42 Å². The van der Waals surface area contributed by atoms with Gasteiger partial charge in [0.2, 0.25) is 0 Å². The van der Waals surface area contributed by atoms with Gasteiger partial charge in [0.15, 0.2) is 0 Å². The zero-order chi connectivity index (χ0) is 8.04. The standard InChI is InChI=1S/C6H12O3S/c1-3-4-5-6-9-10(2,7)8/h3H,1,4-6H2,2H3. The van der Waals surface area contributed by atoms with Crippen LogP contribution in [0, 0.1) is 0 Å². The van der Waals surface area contributed by atoms with Crippen LogP contribution in [0.25, 0.3) is 0 Å². The molecule has 0 spiro atoms. The van der Waals surface area contributed by atoms with Gasteiger partial charge in [-0.2, -0.15) is 8.42 Å². The first-order valence-corrected chi connectivity index (χ1v) is 4.83. The van der Waals surface area contributed by atoms with Crippen molar-refractivity contribution >= 4 is 10.1 Å². The van der Waals surface area contributed by atoms with E-state index >= 15 is 0 Å². The number of allylic oxidation sites excluding steroid dienone is 1. The van der Waals surface area contributed by atoms with Gasteiger partial charge in [-0.05, 0) is 12.8 Å². The lowest BCUT2D eigenvalue weighted by Gasteiger charge is -1.97. The highest BCUT2D eigenvalue weighted by molar-refractivity contribution is 7.85. The molecule has 10 heavy (non-hydrogen) atoms. The summed E-state index contributed by atoms with van der Waals surface area (Å²) < 4.78 is 25.1. The summed E-state index contributed by atoms with van der Waals surface area (Å²) in [6.07, 6.45) is 4.26. The van der Waals surface area contributed by atoms with E-state index in [4.69, 9.17) is 0 Å². The van der Waals surface area contributed by atoms with E-state index < -0.39 is 10.1 Å². The Bertz CT molecular complexity index is 181. The van der Waals surface area contributed by atoms with Crippen LogP contribution >= 0.6 is 0 Å². The molecule has 0 saturated carbocycles. The Morgan fingerprint density at radius 1 is 1.60 bits per heavy atom. The molecule has 0 radical (unpaired) electrons. The molecule has 0 unspecified atom stereocenters. The molecule has 4 heteroatoms. The monoisotopic (exact) mass is 164 g/mol. The van der Waals surface area contributed by atoms with Crippen molar-refractivity contribution in [1.82, 2.24) is 0 Å². The average molecular weight is 164 g/mol. The van der Waals surface area contributed by atoms with Crippen LogP contribution in [0.3, 0.4) is 0 Å². The molecule has 0 rings (SSSR count). The van der Waals surface area contributed by atoms with Gasteiger partial charge in [0.05, 0.1) is 12.9 Å². The third-order valence-corrected chi connectivity index (χ3v) is 1.44. The van der Waals surface area contributed by atoms with E-state index in [1.165, 1.54) is 0 Å². The molecular weight excluding hydrogens is 152 g/mol. The van der Waals surface area contributed by atoms with Crippen molar-refractivity contribution in [2.24, 2.45) is 0 Å². The molecule has 60 valence electrons. The van der Waals surface area contributed by atoms with Crippen molar-refractivity contribution < 1.29 is 12.6 Å². The Labute approximate surface area is 61.8 Å². The zero-order valence-electron chi connectivity index (χ0n) is 6.04. The molecule has 0 N–H and O–H groups in total. The van der Waals surface area contributed by atoms with Crippen LogP contribution in [-0.2, 0) is 14.3 Å². The Kier molecular flexibility index (Phi) is 4.31. The lowest BCUT2D eigenvalue weighted by Crippen LogP contribution is -2.03. The second kappa shape index (κ2) is 4.46. The minimum absolute atomic E-state index is 0.255. The maximum atomic E-state index is 10.3. The Balaban J connectivity index is 3.29. The van der Waals surface area contributed by atoms with Gasteiger partial charge in [0, 0.05) is 0 Å². The minimum atomic E-state index is -3.24. The third-order valence-electron chi connectivity index (χ3n) is 0.850. The summed E-state index contributed by atoms with van der Waals surface area (Å²) >= 11 is 0. The lowest BCUT2D eigenvalue weighted by atomic mass is 10.3. The van der Waals surface area contributed by atoms with Crippen molar-refractivity contribution in [2.75, 3.05) is 12.9 Å². The second-order valence-corrected chi connectivity index (χ2v) is 3.60. The predicted molar refractivity (Wildman–Crippen MR) is 40.2 cm³/mol. The highest BCUT2D eigenvalue weighted by Gasteiger charge is 1.98. The van der Waals surface area contributed by atoms with Gasteiger partial charge in [-0.1, -0.05) is 6.08 Å². The van der Waals surface area contributed by atoms with E-state index in [-0.39, 0.29) is 6.61 Å². The van der Waals surface area contributed by atoms with Crippen molar-refractivity contribution in [3.63, 3.8) is 0 Å². The lowest BCUT2D eigenvalue weighted by molar-refractivity contribution is 0.317. The van der Waals surface area contributed by atoms with Crippen molar-refractivity contribution in [3.05, 3.63) is 12.7 Å². The summed E-state index contributed by atoms with van der Waals surface area (Å²) in [5.41, 5.74) is 0. The maximum Gasteiger partial charge on any atom is 0.264 e. The maximum absolute atomic E-state index is 10.3. The number of unbranched alkanes of at least 4 members (excludes halogenated alkanes) is 1. The molecule has 0 aromatic rings. The summed E-state index contributed by atoms with van der Waals surface area (Å²) in [7, 11) is -3.24. The molecular formula is C6H12O3S. The van der Waals surface area contributed by atoms with E-state index in [1.54, 1.807) is 6.08 Å². The van der Waals surface area contributed by atoms with Gasteiger partial charge >= 0.3 is 0 Å². The van der Waals surface area contributed by atoms with Gasteiger partial charge < -0.3 is 0 Å². The molecule has 0 aromatic heterocycles. The van der Waals surface area contributed by atoms with Crippen LogP contribution in [0.1, 0.15) is 12.8 Å². The molecule has 0 bridgehead atoms. The molecule has 0 fully saturated rings. The number of rotatable bonds is 5.